The molecule has 0 fully saturated rings. The molecule has 0 saturated carbocycles. The van der Waals surface area contributed by atoms with Crippen LogP contribution in [0.25, 0.3) is 0 Å². The molecule has 5 nitrogen and oxygen atoms in total. The van der Waals surface area contributed by atoms with Crippen LogP contribution in [-0.2, 0) is 0 Å². The molecule has 0 amide bonds. The minimum atomic E-state index is -1.26. The lowest BCUT2D eigenvalue weighted by molar-refractivity contribution is 0.0697. The van der Waals surface area contributed by atoms with E-state index in [4.69, 9.17) is 5.11 Å². The molecule has 0 aliphatic heterocycles. The van der Waals surface area contributed by atoms with Crippen molar-refractivity contribution in [3.05, 3.63) is 47.4 Å². The maximum Gasteiger partial charge on any atom is 0.341 e. The lowest BCUT2D eigenvalue weighted by atomic mass is 10.2. The average molecular weight is 265 g/mol. The van der Waals surface area contributed by atoms with E-state index in [1.165, 1.54) is 0 Å². The molecule has 1 aromatic heterocycles. The van der Waals surface area contributed by atoms with Crippen LogP contribution in [0.15, 0.2) is 24.4 Å². The van der Waals surface area contributed by atoms with Gasteiger partial charge in [-0.3, -0.25) is 0 Å². The molecule has 2 rings (SSSR count). The molecule has 0 aliphatic carbocycles. The molecule has 0 aliphatic rings. The summed E-state index contributed by atoms with van der Waals surface area (Å²) in [6.07, 6.45) is 1.10. The Morgan fingerprint density at radius 1 is 1.37 bits per heavy atom. The lowest BCUT2D eigenvalue weighted by Gasteiger charge is -2.09. The van der Waals surface area contributed by atoms with Crippen LogP contribution in [0.3, 0.4) is 0 Å². The average Bonchev–Trinajstić information content (AvgIpc) is 2.33. The number of hydrogen-bond acceptors (Lipinski definition) is 4. The number of aromatic nitrogens is 2. The normalized spacial score (nSPS) is 10.3. The van der Waals surface area contributed by atoms with Gasteiger partial charge >= 0.3 is 5.97 Å². The van der Waals surface area contributed by atoms with Crippen molar-refractivity contribution in [3.8, 4) is 0 Å². The fourth-order valence-electron chi connectivity index (χ4n) is 1.44. The Morgan fingerprint density at radius 3 is 2.79 bits per heavy atom. The largest absolute Gasteiger partial charge is 0.477 e. The van der Waals surface area contributed by atoms with Crippen LogP contribution in [0, 0.1) is 18.6 Å². The molecule has 1 aromatic carbocycles. The van der Waals surface area contributed by atoms with Gasteiger partial charge in [-0.1, -0.05) is 0 Å². The maximum absolute atomic E-state index is 13.5. The van der Waals surface area contributed by atoms with Gasteiger partial charge in [0.05, 0.1) is 5.69 Å². The number of halogens is 2. The summed E-state index contributed by atoms with van der Waals surface area (Å²) in [7, 11) is 0. The van der Waals surface area contributed by atoms with Gasteiger partial charge in [-0.15, -0.1) is 0 Å². The van der Waals surface area contributed by atoms with Gasteiger partial charge in [0, 0.05) is 12.3 Å². The molecular weight excluding hydrogens is 256 g/mol. The van der Waals surface area contributed by atoms with Gasteiger partial charge in [-0.25, -0.2) is 23.5 Å². The van der Waals surface area contributed by atoms with E-state index in [9.17, 15) is 13.6 Å². The van der Waals surface area contributed by atoms with Gasteiger partial charge in [0.25, 0.3) is 0 Å². The van der Waals surface area contributed by atoms with Crippen molar-refractivity contribution >= 4 is 17.5 Å². The monoisotopic (exact) mass is 265 g/mol. The molecule has 98 valence electrons. The van der Waals surface area contributed by atoms with E-state index in [0.29, 0.717) is 5.82 Å². The summed E-state index contributed by atoms with van der Waals surface area (Å²) >= 11 is 0. The molecule has 0 unspecified atom stereocenters. The van der Waals surface area contributed by atoms with Crippen molar-refractivity contribution in [2.24, 2.45) is 0 Å². The molecule has 0 atom stereocenters. The van der Waals surface area contributed by atoms with Crippen LogP contribution < -0.4 is 5.32 Å². The zero-order chi connectivity index (χ0) is 14.0. The highest BCUT2D eigenvalue weighted by Crippen LogP contribution is 2.22. The second kappa shape index (κ2) is 4.97. The van der Waals surface area contributed by atoms with Gasteiger partial charge in [0.1, 0.15) is 28.8 Å². The number of benzene rings is 1. The lowest BCUT2D eigenvalue weighted by Crippen LogP contribution is -2.08. The summed E-state index contributed by atoms with van der Waals surface area (Å²) in [6.45, 7) is 1.55. The number of hydrogen-bond donors (Lipinski definition) is 2. The zero-order valence-corrected chi connectivity index (χ0v) is 9.82. The Morgan fingerprint density at radius 2 is 2.11 bits per heavy atom. The summed E-state index contributed by atoms with van der Waals surface area (Å²) in [4.78, 5) is 18.6. The molecule has 0 saturated heterocycles. The Hall–Kier alpha value is -2.57. The second-order valence-electron chi connectivity index (χ2n) is 3.73. The molecular formula is C12H9F2N3O2. The number of nitrogens with zero attached hydrogens (tertiary/aromatic N) is 2. The van der Waals surface area contributed by atoms with Crippen LogP contribution in [-0.4, -0.2) is 21.0 Å². The van der Waals surface area contributed by atoms with Crippen molar-refractivity contribution in [1.29, 1.82) is 0 Å². The molecule has 2 aromatic rings. The minimum absolute atomic E-state index is 0.0931. The van der Waals surface area contributed by atoms with E-state index >= 15 is 0 Å². The first-order chi connectivity index (χ1) is 8.97. The van der Waals surface area contributed by atoms with Gasteiger partial charge in [0.15, 0.2) is 0 Å². The summed E-state index contributed by atoms with van der Waals surface area (Å²) in [5.74, 6) is -2.41. The predicted molar refractivity (Wildman–Crippen MR) is 63.4 cm³/mol. The third kappa shape index (κ3) is 2.82. The number of anilines is 2. The third-order valence-electron chi connectivity index (χ3n) is 2.32. The van der Waals surface area contributed by atoms with Crippen LogP contribution in [0.4, 0.5) is 20.3 Å². The van der Waals surface area contributed by atoms with Gasteiger partial charge in [-0.05, 0) is 19.1 Å². The highest BCUT2D eigenvalue weighted by molar-refractivity contribution is 5.93. The van der Waals surface area contributed by atoms with Gasteiger partial charge in [0.2, 0.25) is 0 Å². The number of nitrogens with one attached hydrogen (secondary N) is 1. The molecule has 1 heterocycles. The van der Waals surface area contributed by atoms with E-state index in [2.05, 4.69) is 15.3 Å². The SMILES string of the molecule is Cc1ncc(C(=O)O)c(Nc2cc(F)ccc2F)n1. The summed E-state index contributed by atoms with van der Waals surface area (Å²) in [5, 5.41) is 11.4. The fraction of sp³-hybridized carbons (Fsp3) is 0.0833. The number of aromatic carboxylic acids is 1. The second-order valence-corrected chi connectivity index (χ2v) is 3.73. The quantitative estimate of drug-likeness (QED) is 0.891. The highest BCUT2D eigenvalue weighted by Gasteiger charge is 2.14. The van der Waals surface area contributed by atoms with Crippen molar-refractivity contribution in [2.75, 3.05) is 5.32 Å². The van der Waals surface area contributed by atoms with Crippen LogP contribution in [0.5, 0.6) is 0 Å². The third-order valence-corrected chi connectivity index (χ3v) is 2.32. The number of carbonyl (C=O) groups is 1. The Labute approximate surface area is 106 Å². The Balaban J connectivity index is 2.45. The first kappa shape index (κ1) is 12.9. The topological polar surface area (TPSA) is 75.1 Å². The van der Waals surface area contributed by atoms with E-state index < -0.39 is 17.6 Å². The standard InChI is InChI=1S/C12H9F2N3O2/c1-6-15-5-8(12(18)19)11(16-6)17-10-4-7(13)2-3-9(10)14/h2-5H,1H3,(H,18,19)(H,15,16,17). The Kier molecular flexibility index (Phi) is 3.37. The van der Waals surface area contributed by atoms with Crippen molar-refractivity contribution in [2.45, 2.75) is 6.92 Å². The number of carboxylic acids is 1. The molecule has 19 heavy (non-hydrogen) atoms. The van der Waals surface area contributed by atoms with Gasteiger partial charge in [-0.2, -0.15) is 0 Å². The zero-order valence-electron chi connectivity index (χ0n) is 9.82. The fourth-order valence-corrected chi connectivity index (χ4v) is 1.44. The molecule has 0 spiro atoms. The van der Waals surface area contributed by atoms with E-state index in [1.807, 2.05) is 0 Å². The highest BCUT2D eigenvalue weighted by atomic mass is 19.1. The summed E-state index contributed by atoms with van der Waals surface area (Å²) in [5.41, 5.74) is -0.421. The first-order valence-corrected chi connectivity index (χ1v) is 5.26. The summed E-state index contributed by atoms with van der Waals surface area (Å²) < 4.78 is 26.5. The van der Waals surface area contributed by atoms with Crippen molar-refractivity contribution < 1.29 is 18.7 Å². The predicted octanol–water partition coefficient (Wildman–Crippen LogP) is 2.51. The van der Waals surface area contributed by atoms with E-state index in [0.717, 1.165) is 24.4 Å². The van der Waals surface area contributed by atoms with Gasteiger partial charge < -0.3 is 10.4 Å². The van der Waals surface area contributed by atoms with E-state index in [1.54, 1.807) is 6.92 Å². The molecule has 0 bridgehead atoms. The molecule has 7 heteroatoms. The molecule has 0 radical (unpaired) electrons. The van der Waals surface area contributed by atoms with Crippen molar-refractivity contribution in [3.63, 3.8) is 0 Å². The van der Waals surface area contributed by atoms with Crippen LogP contribution in [0.1, 0.15) is 16.2 Å². The summed E-state index contributed by atoms with van der Waals surface area (Å²) in [6, 6.07) is 2.81. The maximum atomic E-state index is 13.5. The first-order valence-electron chi connectivity index (χ1n) is 5.26. The minimum Gasteiger partial charge on any atom is -0.477 e. The van der Waals surface area contributed by atoms with E-state index in [-0.39, 0.29) is 17.1 Å². The van der Waals surface area contributed by atoms with Crippen molar-refractivity contribution in [1.82, 2.24) is 9.97 Å². The number of aryl methyl sites for hydroxylation is 1. The van der Waals surface area contributed by atoms with Crippen LogP contribution >= 0.6 is 0 Å². The van der Waals surface area contributed by atoms with Crippen LogP contribution in [0.2, 0.25) is 0 Å². The number of rotatable bonds is 3. The molecule has 2 N–H and O–H groups in total. The number of carboxylic acid groups (broad SMARTS) is 1. The smallest absolute Gasteiger partial charge is 0.341 e. The Bertz CT molecular complexity index is 647.